The van der Waals surface area contributed by atoms with Gasteiger partial charge in [0.1, 0.15) is 11.5 Å². The first-order valence-corrected chi connectivity index (χ1v) is 9.96. The smallest absolute Gasteiger partial charge is 0.265 e. The molecule has 2 N–H and O–H groups in total. The van der Waals surface area contributed by atoms with E-state index in [-0.39, 0.29) is 22.1 Å². The number of rotatable bonds is 6. The minimum Gasteiger partial charge on any atom is -0.506 e. The number of hydrogen-bond donors (Lipinski definition) is 2. The third-order valence-electron chi connectivity index (χ3n) is 3.46. The van der Waals surface area contributed by atoms with E-state index in [4.69, 9.17) is 4.74 Å². The molecule has 25 heavy (non-hydrogen) atoms. The normalized spacial score (nSPS) is 12.4. The van der Waals surface area contributed by atoms with Crippen LogP contribution in [0, 0.1) is 0 Å². The summed E-state index contributed by atoms with van der Waals surface area (Å²) in [6.07, 6.45) is -0.841. The molecule has 0 unspecified atom stereocenters. The fourth-order valence-corrected chi connectivity index (χ4v) is 3.15. The lowest BCUT2D eigenvalue weighted by atomic mass is 10.2. The SMILES string of the molecule is CCS(=O)(=O)c1ccc(O)c(NC(=O)[C@@H](C)Oc2ccc(Br)cc2)c1. The van der Waals surface area contributed by atoms with Crippen LogP contribution in [0.2, 0.25) is 0 Å². The molecule has 0 spiro atoms. The van der Waals surface area contributed by atoms with Crippen molar-refractivity contribution in [2.24, 2.45) is 0 Å². The summed E-state index contributed by atoms with van der Waals surface area (Å²) in [5.41, 5.74) is 0.0192. The molecule has 0 heterocycles. The van der Waals surface area contributed by atoms with Crippen molar-refractivity contribution in [2.45, 2.75) is 24.8 Å². The zero-order chi connectivity index (χ0) is 18.6. The molecule has 0 aliphatic rings. The molecule has 0 radical (unpaired) electrons. The highest BCUT2D eigenvalue weighted by Crippen LogP contribution is 2.27. The molecule has 6 nitrogen and oxygen atoms in total. The molecule has 2 aromatic rings. The molecule has 8 heteroatoms. The molecule has 0 aliphatic carbocycles. The van der Waals surface area contributed by atoms with Gasteiger partial charge in [0, 0.05) is 4.47 Å². The molecule has 0 bridgehead atoms. The Balaban J connectivity index is 2.14. The summed E-state index contributed by atoms with van der Waals surface area (Å²) in [5, 5.41) is 12.4. The molecule has 0 fully saturated rings. The second kappa shape index (κ2) is 7.88. The van der Waals surface area contributed by atoms with Crippen molar-refractivity contribution in [3.63, 3.8) is 0 Å². The van der Waals surface area contributed by atoms with Crippen molar-refractivity contribution in [2.75, 3.05) is 11.1 Å². The van der Waals surface area contributed by atoms with Crippen LogP contribution in [0.4, 0.5) is 5.69 Å². The van der Waals surface area contributed by atoms with Crippen LogP contribution in [0.3, 0.4) is 0 Å². The van der Waals surface area contributed by atoms with Crippen LogP contribution in [0.25, 0.3) is 0 Å². The maximum atomic E-state index is 12.3. The number of amides is 1. The first-order chi connectivity index (χ1) is 11.7. The monoisotopic (exact) mass is 427 g/mol. The predicted molar refractivity (Wildman–Crippen MR) is 98.7 cm³/mol. The summed E-state index contributed by atoms with van der Waals surface area (Å²) >= 11 is 3.31. The number of sulfone groups is 1. The Morgan fingerprint density at radius 2 is 1.88 bits per heavy atom. The van der Waals surface area contributed by atoms with Crippen LogP contribution in [0.1, 0.15) is 13.8 Å². The van der Waals surface area contributed by atoms with E-state index in [9.17, 15) is 18.3 Å². The number of nitrogens with one attached hydrogen (secondary N) is 1. The third kappa shape index (κ3) is 4.96. The topological polar surface area (TPSA) is 92.7 Å². The van der Waals surface area contributed by atoms with Crippen molar-refractivity contribution < 1.29 is 23.1 Å². The standard InChI is InChI=1S/C17H18BrNO5S/c1-3-25(22,23)14-8-9-16(20)15(10-14)19-17(21)11(2)24-13-6-4-12(18)5-7-13/h4-11,20H,3H2,1-2H3,(H,19,21)/t11-/m1/s1. The van der Waals surface area contributed by atoms with Gasteiger partial charge in [0.25, 0.3) is 5.91 Å². The Labute approximate surface area is 154 Å². The number of ether oxygens (including phenoxy) is 1. The van der Waals surface area contributed by atoms with Gasteiger partial charge in [-0.2, -0.15) is 0 Å². The van der Waals surface area contributed by atoms with Crippen LogP contribution in [-0.2, 0) is 14.6 Å². The van der Waals surface area contributed by atoms with E-state index in [1.165, 1.54) is 25.1 Å². The molecule has 1 amide bonds. The van der Waals surface area contributed by atoms with Gasteiger partial charge in [-0.3, -0.25) is 4.79 Å². The van der Waals surface area contributed by atoms with Crippen molar-refractivity contribution in [3.8, 4) is 11.5 Å². The summed E-state index contributed by atoms with van der Waals surface area (Å²) in [6.45, 7) is 3.08. The van der Waals surface area contributed by atoms with Crippen molar-refractivity contribution in [1.82, 2.24) is 0 Å². The van der Waals surface area contributed by atoms with Gasteiger partial charge in [-0.1, -0.05) is 22.9 Å². The van der Waals surface area contributed by atoms with Gasteiger partial charge < -0.3 is 15.2 Å². The Kier molecular flexibility index (Phi) is 6.07. The van der Waals surface area contributed by atoms with Gasteiger partial charge in [0.2, 0.25) is 0 Å². The highest BCUT2D eigenvalue weighted by Gasteiger charge is 2.19. The molecule has 0 aromatic heterocycles. The minimum absolute atomic E-state index is 0.0192. The van der Waals surface area contributed by atoms with Crippen LogP contribution in [0.5, 0.6) is 11.5 Å². The van der Waals surface area contributed by atoms with Crippen molar-refractivity contribution in [3.05, 3.63) is 46.9 Å². The summed E-state index contributed by atoms with van der Waals surface area (Å²) in [6, 6.07) is 10.7. The number of carbonyl (C=O) groups excluding carboxylic acids is 1. The third-order valence-corrected chi connectivity index (χ3v) is 5.72. The number of benzene rings is 2. The van der Waals surface area contributed by atoms with Gasteiger partial charge in [-0.05, 0) is 49.4 Å². The number of carbonyl (C=O) groups is 1. The second-order valence-corrected chi connectivity index (χ2v) is 8.48. The number of anilines is 1. The first kappa shape index (κ1) is 19.3. The molecular formula is C17H18BrNO5S. The average molecular weight is 428 g/mol. The van der Waals surface area contributed by atoms with Crippen LogP contribution >= 0.6 is 15.9 Å². The van der Waals surface area contributed by atoms with Crippen molar-refractivity contribution in [1.29, 1.82) is 0 Å². The van der Waals surface area contributed by atoms with Gasteiger partial charge in [0.15, 0.2) is 15.9 Å². The maximum absolute atomic E-state index is 12.3. The highest BCUT2D eigenvalue weighted by molar-refractivity contribution is 9.10. The number of phenolic OH excluding ortho intramolecular Hbond substituents is 1. The van der Waals surface area contributed by atoms with Crippen LogP contribution < -0.4 is 10.1 Å². The largest absolute Gasteiger partial charge is 0.506 e. The van der Waals surface area contributed by atoms with Gasteiger partial charge in [0.05, 0.1) is 16.3 Å². The molecular weight excluding hydrogens is 410 g/mol. The lowest BCUT2D eigenvalue weighted by Crippen LogP contribution is -2.30. The zero-order valence-electron chi connectivity index (χ0n) is 13.7. The minimum atomic E-state index is -3.44. The molecule has 134 valence electrons. The lowest BCUT2D eigenvalue weighted by Gasteiger charge is -2.16. The Hall–Kier alpha value is -2.06. The first-order valence-electron chi connectivity index (χ1n) is 7.52. The number of phenols is 1. The number of aromatic hydroxyl groups is 1. The Morgan fingerprint density at radius 3 is 2.48 bits per heavy atom. The fourth-order valence-electron chi connectivity index (χ4n) is 1.98. The van der Waals surface area contributed by atoms with Crippen LogP contribution in [-0.4, -0.2) is 31.3 Å². The highest BCUT2D eigenvalue weighted by atomic mass is 79.9. The van der Waals surface area contributed by atoms with Crippen molar-refractivity contribution >= 4 is 37.4 Å². The fraction of sp³-hybridized carbons (Fsp3) is 0.235. The molecule has 0 aliphatic heterocycles. The van der Waals surface area contributed by atoms with E-state index in [1.54, 1.807) is 31.2 Å². The Morgan fingerprint density at radius 1 is 1.24 bits per heavy atom. The van der Waals surface area contributed by atoms with Gasteiger partial charge >= 0.3 is 0 Å². The van der Waals surface area contributed by atoms with E-state index in [0.29, 0.717) is 5.75 Å². The summed E-state index contributed by atoms with van der Waals surface area (Å²) in [4.78, 5) is 12.3. The van der Waals surface area contributed by atoms with Gasteiger partial charge in [-0.15, -0.1) is 0 Å². The maximum Gasteiger partial charge on any atom is 0.265 e. The van der Waals surface area contributed by atoms with E-state index in [0.717, 1.165) is 4.47 Å². The summed E-state index contributed by atoms with van der Waals surface area (Å²) < 4.78 is 30.3. The zero-order valence-corrected chi connectivity index (χ0v) is 16.1. The summed E-state index contributed by atoms with van der Waals surface area (Å²) in [5.74, 6) is -0.297. The molecule has 2 aromatic carbocycles. The Bertz CT molecular complexity index is 865. The molecule has 2 rings (SSSR count). The second-order valence-electron chi connectivity index (χ2n) is 5.29. The lowest BCUT2D eigenvalue weighted by molar-refractivity contribution is -0.122. The number of hydrogen-bond acceptors (Lipinski definition) is 5. The van der Waals surface area contributed by atoms with E-state index in [2.05, 4.69) is 21.2 Å². The van der Waals surface area contributed by atoms with E-state index >= 15 is 0 Å². The van der Waals surface area contributed by atoms with Gasteiger partial charge in [-0.25, -0.2) is 8.42 Å². The predicted octanol–water partition coefficient (Wildman–Crippen LogP) is 3.35. The van der Waals surface area contributed by atoms with E-state index < -0.39 is 21.8 Å². The number of halogens is 1. The van der Waals surface area contributed by atoms with Crippen LogP contribution in [0.15, 0.2) is 51.8 Å². The summed E-state index contributed by atoms with van der Waals surface area (Å²) in [7, 11) is -3.44. The van der Waals surface area contributed by atoms with E-state index in [1.807, 2.05) is 0 Å². The quantitative estimate of drug-likeness (QED) is 0.689. The molecule has 0 saturated carbocycles. The molecule has 0 saturated heterocycles. The molecule has 1 atom stereocenters. The average Bonchev–Trinajstić information content (AvgIpc) is 2.58.